The predicted molar refractivity (Wildman–Crippen MR) is 89.8 cm³/mol. The Balaban J connectivity index is 1.57. The minimum Gasteiger partial charge on any atom is -0.379 e. The van der Waals surface area contributed by atoms with Crippen LogP contribution < -0.4 is 0 Å². The first-order valence-corrected chi connectivity index (χ1v) is 9.19. The van der Waals surface area contributed by atoms with E-state index in [1.54, 1.807) is 11.8 Å². The normalized spacial score (nSPS) is 26.9. The molecule has 4 nitrogen and oxygen atoms in total. The fraction of sp³-hybridized carbons (Fsp3) is 0.588. The van der Waals surface area contributed by atoms with Gasteiger partial charge in [-0.1, -0.05) is 30.3 Å². The number of carbonyl (C=O) groups is 1. The molecule has 0 bridgehead atoms. The van der Waals surface area contributed by atoms with Crippen molar-refractivity contribution in [2.75, 3.05) is 37.7 Å². The van der Waals surface area contributed by atoms with E-state index >= 15 is 0 Å². The van der Waals surface area contributed by atoms with Crippen LogP contribution >= 0.6 is 11.8 Å². The first-order valence-electron chi connectivity index (χ1n) is 8.03. The van der Waals surface area contributed by atoms with E-state index in [1.165, 1.54) is 5.56 Å². The van der Waals surface area contributed by atoms with Crippen molar-refractivity contribution in [3.63, 3.8) is 0 Å². The van der Waals surface area contributed by atoms with Crippen molar-refractivity contribution in [3.05, 3.63) is 35.9 Å². The molecule has 1 N–H and O–H groups in total. The van der Waals surface area contributed by atoms with Crippen LogP contribution in [0, 0.1) is 0 Å². The fourth-order valence-corrected chi connectivity index (χ4v) is 4.42. The maximum absolute atomic E-state index is 12.6. The number of nitrogens with zero attached hydrogens (tertiary/aromatic N) is 2. The number of thioether (sulfide) groups is 1. The van der Waals surface area contributed by atoms with E-state index in [4.69, 9.17) is 0 Å². The standard InChI is InChI=1S/C17H24N2O2S/c20-16(17(21)7-12-22-14-17)19-9-4-8-18(10-11-19)13-15-5-2-1-3-6-15/h1-3,5-6,21H,4,7-14H2. The van der Waals surface area contributed by atoms with Crippen LogP contribution in [-0.4, -0.2) is 64.1 Å². The molecule has 120 valence electrons. The van der Waals surface area contributed by atoms with E-state index in [0.29, 0.717) is 12.2 Å². The summed E-state index contributed by atoms with van der Waals surface area (Å²) in [6.45, 7) is 4.30. The van der Waals surface area contributed by atoms with Crippen molar-refractivity contribution in [2.24, 2.45) is 0 Å². The van der Waals surface area contributed by atoms with Crippen molar-refractivity contribution >= 4 is 17.7 Å². The Bertz CT molecular complexity index is 503. The van der Waals surface area contributed by atoms with Gasteiger partial charge in [0.1, 0.15) is 0 Å². The van der Waals surface area contributed by atoms with E-state index in [0.717, 1.165) is 44.9 Å². The molecule has 0 spiro atoms. The molecule has 2 aliphatic rings. The van der Waals surface area contributed by atoms with Crippen LogP contribution in [0.2, 0.25) is 0 Å². The van der Waals surface area contributed by atoms with Gasteiger partial charge in [0.15, 0.2) is 5.60 Å². The SMILES string of the molecule is O=C(N1CCCN(Cc2ccccc2)CC1)C1(O)CCSC1. The number of benzene rings is 1. The van der Waals surface area contributed by atoms with Gasteiger partial charge in [-0.3, -0.25) is 9.69 Å². The number of amides is 1. The van der Waals surface area contributed by atoms with Gasteiger partial charge in [-0.2, -0.15) is 11.8 Å². The average molecular weight is 320 g/mol. The van der Waals surface area contributed by atoms with Crippen LogP contribution in [0.5, 0.6) is 0 Å². The Hall–Kier alpha value is -1.04. The Labute approximate surface area is 136 Å². The highest BCUT2D eigenvalue weighted by atomic mass is 32.2. The number of rotatable bonds is 3. The molecule has 1 unspecified atom stereocenters. The number of hydrogen-bond donors (Lipinski definition) is 1. The quantitative estimate of drug-likeness (QED) is 0.918. The molecule has 0 saturated carbocycles. The molecule has 1 aromatic carbocycles. The molecule has 0 aliphatic carbocycles. The molecule has 1 atom stereocenters. The molecule has 3 rings (SSSR count). The number of carbonyl (C=O) groups excluding carboxylic acids is 1. The molecule has 5 heteroatoms. The summed E-state index contributed by atoms with van der Waals surface area (Å²) in [6.07, 6.45) is 1.57. The lowest BCUT2D eigenvalue weighted by molar-refractivity contribution is -0.148. The van der Waals surface area contributed by atoms with Crippen LogP contribution in [0.1, 0.15) is 18.4 Å². The van der Waals surface area contributed by atoms with Crippen LogP contribution in [0.25, 0.3) is 0 Å². The van der Waals surface area contributed by atoms with Gasteiger partial charge in [0.05, 0.1) is 0 Å². The predicted octanol–water partition coefficient (Wildman–Crippen LogP) is 1.59. The molecular weight excluding hydrogens is 296 g/mol. The minimum atomic E-state index is -1.11. The van der Waals surface area contributed by atoms with Gasteiger partial charge >= 0.3 is 0 Å². The van der Waals surface area contributed by atoms with Gasteiger partial charge in [0.25, 0.3) is 5.91 Å². The molecule has 2 aliphatic heterocycles. The zero-order chi connectivity index (χ0) is 15.4. The highest BCUT2D eigenvalue weighted by Gasteiger charge is 2.42. The number of hydrogen-bond acceptors (Lipinski definition) is 4. The van der Waals surface area contributed by atoms with Gasteiger partial charge in [0, 0.05) is 38.5 Å². The third-order valence-corrected chi connectivity index (χ3v) is 5.70. The van der Waals surface area contributed by atoms with E-state index in [-0.39, 0.29) is 5.91 Å². The maximum atomic E-state index is 12.6. The Morgan fingerprint density at radius 2 is 2.00 bits per heavy atom. The highest BCUT2D eigenvalue weighted by Crippen LogP contribution is 2.29. The molecule has 0 radical (unpaired) electrons. The summed E-state index contributed by atoms with van der Waals surface area (Å²) in [6, 6.07) is 10.5. The van der Waals surface area contributed by atoms with E-state index in [9.17, 15) is 9.90 Å². The van der Waals surface area contributed by atoms with Crippen molar-refractivity contribution < 1.29 is 9.90 Å². The third-order valence-electron chi connectivity index (χ3n) is 4.52. The minimum absolute atomic E-state index is 0.0564. The van der Waals surface area contributed by atoms with Gasteiger partial charge in [0.2, 0.25) is 0 Å². The maximum Gasteiger partial charge on any atom is 0.255 e. The van der Waals surface area contributed by atoms with Crippen LogP contribution in [0.15, 0.2) is 30.3 Å². The second kappa shape index (κ2) is 7.02. The molecular formula is C17H24N2O2S. The first kappa shape index (κ1) is 15.8. The second-order valence-electron chi connectivity index (χ2n) is 6.24. The van der Waals surface area contributed by atoms with Crippen molar-refractivity contribution in [1.29, 1.82) is 0 Å². The summed E-state index contributed by atoms with van der Waals surface area (Å²) in [5, 5.41) is 10.5. The van der Waals surface area contributed by atoms with Crippen molar-refractivity contribution in [1.82, 2.24) is 9.80 Å². The molecule has 2 saturated heterocycles. The highest BCUT2D eigenvalue weighted by molar-refractivity contribution is 7.99. The monoisotopic (exact) mass is 320 g/mol. The fourth-order valence-electron chi connectivity index (χ4n) is 3.19. The zero-order valence-corrected chi connectivity index (χ0v) is 13.7. The van der Waals surface area contributed by atoms with Crippen LogP contribution in [0.4, 0.5) is 0 Å². The zero-order valence-electron chi connectivity index (χ0n) is 12.9. The van der Waals surface area contributed by atoms with E-state index in [1.807, 2.05) is 11.0 Å². The van der Waals surface area contributed by atoms with Gasteiger partial charge < -0.3 is 10.0 Å². The van der Waals surface area contributed by atoms with Crippen LogP contribution in [-0.2, 0) is 11.3 Å². The second-order valence-corrected chi connectivity index (χ2v) is 7.35. The Morgan fingerprint density at radius 3 is 2.73 bits per heavy atom. The summed E-state index contributed by atoms with van der Waals surface area (Å²) < 4.78 is 0. The summed E-state index contributed by atoms with van der Waals surface area (Å²) in [5.74, 6) is 1.38. The van der Waals surface area contributed by atoms with Gasteiger partial charge in [-0.05, 0) is 24.2 Å². The first-order chi connectivity index (χ1) is 10.7. The van der Waals surface area contributed by atoms with E-state index < -0.39 is 5.60 Å². The lowest BCUT2D eigenvalue weighted by Gasteiger charge is -2.29. The topological polar surface area (TPSA) is 43.8 Å². The van der Waals surface area contributed by atoms with Gasteiger partial charge in [-0.25, -0.2) is 0 Å². The smallest absolute Gasteiger partial charge is 0.255 e. The lowest BCUT2D eigenvalue weighted by atomic mass is 10.0. The molecule has 1 amide bonds. The largest absolute Gasteiger partial charge is 0.379 e. The van der Waals surface area contributed by atoms with E-state index in [2.05, 4.69) is 29.2 Å². The molecule has 22 heavy (non-hydrogen) atoms. The van der Waals surface area contributed by atoms with Crippen LogP contribution in [0.3, 0.4) is 0 Å². The van der Waals surface area contributed by atoms with Crippen molar-refractivity contribution in [3.8, 4) is 0 Å². The molecule has 2 heterocycles. The summed E-state index contributed by atoms with van der Waals surface area (Å²) in [7, 11) is 0. The molecule has 1 aromatic rings. The third kappa shape index (κ3) is 3.65. The summed E-state index contributed by atoms with van der Waals surface area (Å²) in [4.78, 5) is 16.9. The number of aliphatic hydroxyl groups is 1. The molecule has 2 fully saturated rings. The summed E-state index contributed by atoms with van der Waals surface area (Å²) in [5.41, 5.74) is 0.201. The molecule has 0 aromatic heterocycles. The Morgan fingerprint density at radius 1 is 1.18 bits per heavy atom. The Kier molecular flexibility index (Phi) is 5.06. The summed E-state index contributed by atoms with van der Waals surface area (Å²) >= 11 is 1.67. The lowest BCUT2D eigenvalue weighted by Crippen LogP contribution is -2.50. The average Bonchev–Trinajstić information content (AvgIpc) is 2.86. The van der Waals surface area contributed by atoms with Crippen molar-refractivity contribution in [2.45, 2.75) is 25.0 Å². The van der Waals surface area contributed by atoms with Gasteiger partial charge in [-0.15, -0.1) is 0 Å².